The van der Waals surface area contributed by atoms with E-state index in [2.05, 4.69) is 20.0 Å². The Labute approximate surface area is 131 Å². The van der Waals surface area contributed by atoms with Crippen molar-refractivity contribution in [1.82, 2.24) is 0 Å². The first-order valence-electron chi connectivity index (χ1n) is 4.62. The monoisotopic (exact) mass is 324 g/mol. The smallest absolute Gasteiger partial charge is 0 e. The molecule has 6 heteroatoms. The van der Waals surface area contributed by atoms with Crippen LogP contribution < -0.4 is 0 Å². The third-order valence-corrected chi connectivity index (χ3v) is 2.65. The fourth-order valence-corrected chi connectivity index (χ4v) is 1.83. The molecule has 0 radical (unpaired) electrons. The van der Waals surface area contributed by atoms with Gasteiger partial charge in [0, 0.05) is 22.9 Å². The van der Waals surface area contributed by atoms with Crippen molar-refractivity contribution in [3.63, 3.8) is 0 Å². The van der Waals surface area contributed by atoms with Gasteiger partial charge in [0.05, 0.1) is 4.88 Å². The number of hydrogen-bond acceptors (Lipinski definition) is 2. The average molecular weight is 324 g/mol. The number of hydrogen-bond donors (Lipinski definition) is 0. The van der Waals surface area contributed by atoms with Crippen molar-refractivity contribution in [2.75, 3.05) is 0 Å². The summed E-state index contributed by atoms with van der Waals surface area (Å²) in [6.07, 6.45) is 0. The molecular formula is C14H8CrO4S. The van der Waals surface area contributed by atoms with Gasteiger partial charge in [-0.2, -0.15) is 0 Å². The Bertz CT molecular complexity index is 501. The first kappa shape index (κ1) is 23.4. The normalized spacial score (nSPS) is 6.70. The molecule has 0 aliphatic carbocycles. The molecule has 0 aliphatic rings. The van der Waals surface area contributed by atoms with Gasteiger partial charge in [-0.3, -0.25) is 4.79 Å². The number of benzene rings is 1. The van der Waals surface area contributed by atoms with Crippen LogP contribution in [0.1, 0.15) is 15.2 Å². The van der Waals surface area contributed by atoms with Crippen LogP contribution in [-0.2, 0) is 31.3 Å². The van der Waals surface area contributed by atoms with Crippen LogP contribution in [-0.4, -0.2) is 5.78 Å². The molecule has 0 saturated carbocycles. The van der Waals surface area contributed by atoms with E-state index in [0.29, 0.717) is 0 Å². The predicted molar refractivity (Wildman–Crippen MR) is 66.0 cm³/mol. The summed E-state index contributed by atoms with van der Waals surface area (Å²) in [7, 11) is 0. The van der Waals surface area contributed by atoms with E-state index in [-0.39, 0.29) is 23.1 Å². The van der Waals surface area contributed by atoms with E-state index in [1.54, 1.807) is 0 Å². The molecule has 0 bridgehead atoms. The molecule has 100 valence electrons. The minimum absolute atomic E-state index is 0. The second kappa shape index (κ2) is 17.3. The third-order valence-electron chi connectivity index (χ3n) is 1.78. The standard InChI is InChI=1S/C11H8OS.3CO.Cr/c12-11(10-7-4-8-13-10)9-5-2-1-3-6-9;3*1-2;/h1-8H;;;;. The van der Waals surface area contributed by atoms with Gasteiger partial charge in [0.1, 0.15) is 0 Å². The van der Waals surface area contributed by atoms with Gasteiger partial charge in [0.2, 0.25) is 5.78 Å². The molecule has 1 aromatic heterocycles. The van der Waals surface area contributed by atoms with Crippen LogP contribution in [0, 0.1) is 20.0 Å². The Balaban J connectivity index is -0.000000368. The fourth-order valence-electron chi connectivity index (χ4n) is 1.14. The van der Waals surface area contributed by atoms with Crippen molar-refractivity contribution in [3.05, 3.63) is 78.2 Å². The summed E-state index contributed by atoms with van der Waals surface area (Å²) in [5.41, 5.74) is 0.755. The molecule has 0 saturated heterocycles. The molecule has 1 aromatic carbocycles. The minimum atomic E-state index is 0. The van der Waals surface area contributed by atoms with Crippen LogP contribution in [0.25, 0.3) is 0 Å². The maximum atomic E-state index is 11.7. The number of carbonyl (C=O) groups is 1. The summed E-state index contributed by atoms with van der Waals surface area (Å²) in [6.45, 7) is 13.5. The van der Waals surface area contributed by atoms with E-state index in [9.17, 15) is 4.79 Å². The van der Waals surface area contributed by atoms with E-state index in [1.165, 1.54) is 11.3 Å². The Kier molecular flexibility index (Phi) is 20.3. The first-order valence-corrected chi connectivity index (χ1v) is 5.50. The van der Waals surface area contributed by atoms with Crippen molar-refractivity contribution in [3.8, 4) is 0 Å². The number of rotatable bonds is 2. The van der Waals surface area contributed by atoms with Crippen LogP contribution in [0.5, 0.6) is 0 Å². The van der Waals surface area contributed by atoms with Gasteiger partial charge < -0.3 is 0 Å². The van der Waals surface area contributed by atoms with Gasteiger partial charge >= 0.3 is 33.9 Å². The van der Waals surface area contributed by atoms with Crippen LogP contribution in [0.15, 0.2) is 47.8 Å². The zero-order valence-electron chi connectivity index (χ0n) is 10.1. The maximum absolute atomic E-state index is 11.7. The molecular weight excluding hydrogens is 316 g/mol. The van der Waals surface area contributed by atoms with E-state index >= 15 is 0 Å². The predicted octanol–water partition coefficient (Wildman–Crippen LogP) is 2.86. The molecule has 0 spiro atoms. The molecule has 0 fully saturated rings. The van der Waals surface area contributed by atoms with Crippen molar-refractivity contribution < 1.29 is 36.1 Å². The van der Waals surface area contributed by atoms with Crippen LogP contribution >= 0.6 is 11.3 Å². The van der Waals surface area contributed by atoms with Gasteiger partial charge in [-0.15, -0.1) is 11.3 Å². The summed E-state index contributed by atoms with van der Waals surface area (Å²) in [6, 6.07) is 13.1. The first-order chi connectivity index (χ1) is 9.38. The summed E-state index contributed by atoms with van der Waals surface area (Å²) >= 11 is 1.48. The van der Waals surface area contributed by atoms with E-state index < -0.39 is 0 Å². The largest absolute Gasteiger partial charge is 0 e. The third kappa shape index (κ3) is 8.45. The molecule has 0 unspecified atom stereocenters. The minimum Gasteiger partial charge on any atom is 0 e. The van der Waals surface area contributed by atoms with E-state index in [0.717, 1.165) is 10.4 Å². The van der Waals surface area contributed by atoms with Crippen LogP contribution in [0.4, 0.5) is 0 Å². The SMILES string of the molecule is O=C(c1ccccc1)c1cccs1.[C-]#[O+].[C-]#[O+].[C-]#[O+].[Cr]. The summed E-state index contributed by atoms with van der Waals surface area (Å²) in [5.74, 6) is 0.107. The van der Waals surface area contributed by atoms with E-state index in [4.69, 9.17) is 14.0 Å². The molecule has 0 amide bonds. The Morgan fingerprint density at radius 2 is 1.35 bits per heavy atom. The average Bonchev–Trinajstić information content (AvgIpc) is 3.08. The fraction of sp³-hybridized carbons (Fsp3) is 0. The summed E-state index contributed by atoms with van der Waals surface area (Å²) in [4.78, 5) is 12.5. The molecule has 0 aliphatic heterocycles. The number of ketones is 1. The second-order valence-electron chi connectivity index (χ2n) is 2.67. The van der Waals surface area contributed by atoms with Gasteiger partial charge in [-0.05, 0) is 11.4 Å². The quantitative estimate of drug-likeness (QED) is 0.475. The zero-order chi connectivity index (χ0) is 15.1. The van der Waals surface area contributed by atoms with Gasteiger partial charge in [-0.25, -0.2) is 0 Å². The van der Waals surface area contributed by atoms with E-state index in [1.807, 2.05) is 47.8 Å². The molecule has 2 aromatic rings. The topological polar surface area (TPSA) is 76.8 Å². The second-order valence-corrected chi connectivity index (χ2v) is 3.62. The summed E-state index contributed by atoms with van der Waals surface area (Å²) in [5, 5.41) is 1.91. The molecule has 2 rings (SSSR count). The zero-order valence-corrected chi connectivity index (χ0v) is 12.2. The van der Waals surface area contributed by atoms with Crippen LogP contribution in [0.3, 0.4) is 0 Å². The van der Waals surface area contributed by atoms with Gasteiger partial charge in [0.25, 0.3) is 0 Å². The van der Waals surface area contributed by atoms with Crippen molar-refractivity contribution in [1.29, 1.82) is 0 Å². The van der Waals surface area contributed by atoms with Crippen molar-refractivity contribution in [2.24, 2.45) is 0 Å². The summed E-state index contributed by atoms with van der Waals surface area (Å²) < 4.78 is 22.5. The van der Waals surface area contributed by atoms with Crippen molar-refractivity contribution >= 4 is 17.1 Å². The molecule has 1 heterocycles. The molecule has 0 N–H and O–H groups in total. The Morgan fingerprint density at radius 3 is 1.75 bits per heavy atom. The van der Waals surface area contributed by atoms with Gasteiger partial charge in [0.15, 0.2) is 0 Å². The maximum Gasteiger partial charge on any atom is 0 e. The Morgan fingerprint density at radius 1 is 0.850 bits per heavy atom. The van der Waals surface area contributed by atoms with Crippen molar-refractivity contribution in [2.45, 2.75) is 0 Å². The number of thiophene rings is 1. The number of carbonyl (C=O) groups excluding carboxylic acids is 1. The van der Waals surface area contributed by atoms with Gasteiger partial charge in [-0.1, -0.05) is 36.4 Å². The molecule has 20 heavy (non-hydrogen) atoms. The molecule has 4 nitrogen and oxygen atoms in total. The van der Waals surface area contributed by atoms with Crippen LogP contribution in [0.2, 0.25) is 0 Å². The molecule has 0 atom stereocenters. The Hall–Kier alpha value is -1.66.